The maximum absolute atomic E-state index is 5.69. The average Bonchev–Trinajstić information content (AvgIpc) is 2.67. The molecule has 0 spiro atoms. The van der Waals surface area contributed by atoms with Crippen LogP contribution in [0.25, 0.3) is 0 Å². The molecule has 1 aromatic rings. The molecule has 0 aromatic carbocycles. The zero-order valence-electron chi connectivity index (χ0n) is 8.20. The molecular weight excluding hydrogens is 220 g/mol. The third-order valence-electron chi connectivity index (χ3n) is 1.87. The monoisotopic (exact) mass is 234 g/mol. The smallest absolute Gasteiger partial charge is 0.0794 e. The Balaban J connectivity index is 2.25. The Morgan fingerprint density at radius 2 is 2.57 bits per heavy atom. The quantitative estimate of drug-likeness (QED) is 0.732. The summed E-state index contributed by atoms with van der Waals surface area (Å²) in [5.41, 5.74) is 1.84. The van der Waals surface area contributed by atoms with Gasteiger partial charge in [-0.3, -0.25) is 4.98 Å². The van der Waals surface area contributed by atoms with Crippen LogP contribution in [0.4, 0.5) is 0 Å². The number of alkyl halides is 1. The van der Waals surface area contributed by atoms with E-state index in [-0.39, 0.29) is 0 Å². The van der Waals surface area contributed by atoms with E-state index in [1.54, 1.807) is 18.4 Å². The maximum Gasteiger partial charge on any atom is 0.0794 e. The lowest BCUT2D eigenvalue weighted by molar-refractivity contribution is 0.164. The van der Waals surface area contributed by atoms with Crippen LogP contribution in [0.2, 0.25) is 0 Å². The van der Waals surface area contributed by atoms with E-state index in [0.29, 0.717) is 18.5 Å². The Morgan fingerprint density at radius 1 is 1.71 bits per heavy atom. The highest BCUT2D eigenvalue weighted by atomic mass is 35.5. The van der Waals surface area contributed by atoms with Crippen LogP contribution < -0.4 is 5.32 Å². The van der Waals surface area contributed by atoms with E-state index in [2.05, 4.69) is 10.3 Å². The summed E-state index contributed by atoms with van der Waals surface area (Å²) in [6, 6.07) is 0.333. The van der Waals surface area contributed by atoms with E-state index in [1.165, 1.54) is 4.88 Å². The van der Waals surface area contributed by atoms with Gasteiger partial charge in [-0.25, -0.2) is 0 Å². The van der Waals surface area contributed by atoms with Crippen molar-refractivity contribution < 1.29 is 4.74 Å². The predicted molar refractivity (Wildman–Crippen MR) is 60.0 cm³/mol. The molecule has 5 heteroatoms. The number of methoxy groups -OCH3 is 1. The molecule has 1 rings (SSSR count). The molecule has 1 atom stereocenters. The molecule has 0 fully saturated rings. The largest absolute Gasteiger partial charge is 0.383 e. The number of ether oxygens (including phenoxy) is 1. The summed E-state index contributed by atoms with van der Waals surface area (Å²) in [5.74, 6) is 0.656. The van der Waals surface area contributed by atoms with Crippen LogP contribution in [0.3, 0.4) is 0 Å². The molecule has 14 heavy (non-hydrogen) atoms. The first-order chi connectivity index (χ1) is 6.86. The van der Waals surface area contributed by atoms with Crippen molar-refractivity contribution in [1.29, 1.82) is 0 Å². The maximum atomic E-state index is 5.69. The van der Waals surface area contributed by atoms with Crippen LogP contribution in [-0.2, 0) is 11.3 Å². The van der Waals surface area contributed by atoms with Crippen molar-refractivity contribution in [3.8, 4) is 0 Å². The molecule has 1 unspecified atom stereocenters. The topological polar surface area (TPSA) is 34.1 Å². The third kappa shape index (κ3) is 4.37. The minimum Gasteiger partial charge on any atom is -0.383 e. The highest BCUT2D eigenvalue weighted by Crippen LogP contribution is 2.05. The molecule has 0 bridgehead atoms. The first-order valence-corrected chi connectivity index (χ1v) is 5.94. The summed E-state index contributed by atoms with van der Waals surface area (Å²) in [6.07, 6.45) is 2.80. The van der Waals surface area contributed by atoms with Gasteiger partial charge in [0.1, 0.15) is 0 Å². The molecule has 0 saturated carbocycles. The summed E-state index contributed by atoms with van der Waals surface area (Å²) in [6.45, 7) is 1.54. The second-order valence-electron chi connectivity index (χ2n) is 2.98. The molecule has 0 aliphatic rings. The Kier molecular flexibility index (Phi) is 6.10. The minimum atomic E-state index is 0.333. The predicted octanol–water partition coefficient (Wildman–Crippen LogP) is 1.88. The van der Waals surface area contributed by atoms with Gasteiger partial charge >= 0.3 is 0 Å². The summed E-state index contributed by atoms with van der Waals surface area (Å²) >= 11 is 7.34. The Morgan fingerprint density at radius 3 is 3.14 bits per heavy atom. The van der Waals surface area contributed by atoms with E-state index < -0.39 is 0 Å². The van der Waals surface area contributed by atoms with Crippen molar-refractivity contribution in [3.63, 3.8) is 0 Å². The molecule has 1 N–H and O–H groups in total. The number of thiazole rings is 1. The second kappa shape index (κ2) is 7.17. The van der Waals surface area contributed by atoms with Gasteiger partial charge in [-0.15, -0.1) is 22.9 Å². The Hall–Kier alpha value is -0.160. The van der Waals surface area contributed by atoms with Gasteiger partial charge in [0.05, 0.1) is 12.1 Å². The fraction of sp³-hybridized carbons (Fsp3) is 0.667. The molecule has 80 valence electrons. The lowest BCUT2D eigenvalue weighted by Crippen LogP contribution is -2.32. The van der Waals surface area contributed by atoms with E-state index in [1.807, 2.05) is 11.7 Å². The second-order valence-corrected chi connectivity index (χ2v) is 4.33. The molecule has 0 aliphatic carbocycles. The average molecular weight is 235 g/mol. The van der Waals surface area contributed by atoms with Crippen molar-refractivity contribution in [1.82, 2.24) is 10.3 Å². The van der Waals surface area contributed by atoms with Gasteiger partial charge in [0.15, 0.2) is 0 Å². The van der Waals surface area contributed by atoms with Crippen LogP contribution >= 0.6 is 22.9 Å². The highest BCUT2D eigenvalue weighted by molar-refractivity contribution is 7.09. The van der Waals surface area contributed by atoms with Gasteiger partial charge in [-0.1, -0.05) is 0 Å². The van der Waals surface area contributed by atoms with Gasteiger partial charge in [-0.2, -0.15) is 0 Å². The summed E-state index contributed by atoms with van der Waals surface area (Å²) in [7, 11) is 1.70. The zero-order valence-corrected chi connectivity index (χ0v) is 9.77. The molecule has 1 heterocycles. The van der Waals surface area contributed by atoms with Crippen LogP contribution in [0.1, 0.15) is 11.3 Å². The molecule has 0 amide bonds. The number of halogens is 1. The van der Waals surface area contributed by atoms with E-state index in [9.17, 15) is 0 Å². The van der Waals surface area contributed by atoms with E-state index in [0.717, 1.165) is 13.0 Å². The third-order valence-corrected chi connectivity index (χ3v) is 2.87. The van der Waals surface area contributed by atoms with Crippen LogP contribution in [0.5, 0.6) is 0 Å². The standard InChI is InChI=1S/C9H15ClN2OS/c1-13-6-8(2-3-10)12-5-9-4-11-7-14-9/h4,7-8,12H,2-3,5-6H2,1H3. The van der Waals surface area contributed by atoms with Crippen molar-refractivity contribution in [2.45, 2.75) is 19.0 Å². The van der Waals surface area contributed by atoms with Gasteiger partial charge in [0, 0.05) is 36.7 Å². The fourth-order valence-corrected chi connectivity index (χ4v) is 1.96. The number of nitrogens with one attached hydrogen (secondary N) is 1. The van der Waals surface area contributed by atoms with E-state index >= 15 is 0 Å². The number of nitrogens with zero attached hydrogens (tertiary/aromatic N) is 1. The molecule has 0 aliphatic heterocycles. The van der Waals surface area contributed by atoms with Crippen molar-refractivity contribution in [2.75, 3.05) is 19.6 Å². The van der Waals surface area contributed by atoms with Gasteiger partial charge < -0.3 is 10.1 Å². The summed E-state index contributed by atoms with van der Waals surface area (Å²) in [5, 5.41) is 3.38. The van der Waals surface area contributed by atoms with Gasteiger partial charge in [0.25, 0.3) is 0 Å². The fourth-order valence-electron chi connectivity index (χ4n) is 1.15. The number of aromatic nitrogens is 1. The Labute approximate surface area is 93.4 Å². The number of hydrogen-bond donors (Lipinski definition) is 1. The highest BCUT2D eigenvalue weighted by Gasteiger charge is 2.07. The summed E-state index contributed by atoms with van der Waals surface area (Å²) in [4.78, 5) is 5.25. The lowest BCUT2D eigenvalue weighted by atomic mass is 10.2. The van der Waals surface area contributed by atoms with Gasteiger partial charge in [-0.05, 0) is 6.42 Å². The Bertz CT molecular complexity index is 225. The number of hydrogen-bond acceptors (Lipinski definition) is 4. The van der Waals surface area contributed by atoms with E-state index in [4.69, 9.17) is 16.3 Å². The number of rotatable bonds is 7. The lowest BCUT2D eigenvalue weighted by Gasteiger charge is -2.15. The molecule has 0 saturated heterocycles. The molecule has 1 aromatic heterocycles. The van der Waals surface area contributed by atoms with Crippen LogP contribution in [0, 0.1) is 0 Å². The SMILES string of the molecule is COCC(CCCl)NCc1cncs1. The molecule has 3 nitrogen and oxygen atoms in total. The first-order valence-electron chi connectivity index (χ1n) is 4.52. The van der Waals surface area contributed by atoms with Crippen LogP contribution in [-0.4, -0.2) is 30.6 Å². The van der Waals surface area contributed by atoms with Crippen molar-refractivity contribution >= 4 is 22.9 Å². The van der Waals surface area contributed by atoms with Crippen LogP contribution in [0.15, 0.2) is 11.7 Å². The zero-order chi connectivity index (χ0) is 10.2. The minimum absolute atomic E-state index is 0.333. The normalized spacial score (nSPS) is 13.0. The van der Waals surface area contributed by atoms with Crippen molar-refractivity contribution in [2.24, 2.45) is 0 Å². The first kappa shape index (κ1) is 11.9. The van der Waals surface area contributed by atoms with Gasteiger partial charge in [0.2, 0.25) is 0 Å². The molecule has 0 radical (unpaired) electrons. The summed E-state index contributed by atoms with van der Waals surface area (Å²) < 4.78 is 5.09. The van der Waals surface area contributed by atoms with Crippen molar-refractivity contribution in [3.05, 3.63) is 16.6 Å². The molecular formula is C9H15ClN2OS.